The highest BCUT2D eigenvalue weighted by atomic mass is 16.6. The number of likely N-dealkylation sites (tertiary alicyclic amines) is 2. The molecule has 2 heterocycles. The predicted molar refractivity (Wildman–Crippen MR) is 93.0 cm³/mol. The fourth-order valence-electron chi connectivity index (χ4n) is 3.80. The molecule has 0 radical (unpaired) electrons. The smallest absolute Gasteiger partial charge is 0.270 e. The molecule has 24 heavy (non-hydrogen) atoms. The average molecular weight is 333 g/mol. The summed E-state index contributed by atoms with van der Waals surface area (Å²) < 4.78 is 0. The molecular weight excluding hydrogens is 306 g/mol. The normalized spacial score (nSPS) is 20.2. The maximum Gasteiger partial charge on any atom is 0.270 e. The van der Waals surface area contributed by atoms with Crippen LogP contribution in [0.5, 0.6) is 5.75 Å². The number of hydrogen-bond donors (Lipinski definition) is 1. The molecule has 0 unspecified atom stereocenters. The van der Waals surface area contributed by atoms with Crippen LogP contribution in [0.1, 0.15) is 49.7 Å². The molecule has 2 saturated heterocycles. The van der Waals surface area contributed by atoms with Crippen LogP contribution >= 0.6 is 0 Å². The summed E-state index contributed by atoms with van der Waals surface area (Å²) in [7, 11) is 0. The summed E-state index contributed by atoms with van der Waals surface area (Å²) in [6.07, 6.45) is 7.15. The maximum absolute atomic E-state index is 11.3. The van der Waals surface area contributed by atoms with Gasteiger partial charge in [-0.2, -0.15) is 0 Å². The molecule has 0 spiro atoms. The number of non-ortho nitro benzene ring substituents is 1. The molecule has 0 atom stereocenters. The van der Waals surface area contributed by atoms with Crippen LogP contribution in [0.3, 0.4) is 0 Å². The van der Waals surface area contributed by atoms with Crippen LogP contribution in [0.25, 0.3) is 0 Å². The van der Waals surface area contributed by atoms with Gasteiger partial charge in [-0.25, -0.2) is 0 Å². The van der Waals surface area contributed by atoms with Gasteiger partial charge in [0, 0.05) is 36.3 Å². The third-order valence-electron chi connectivity index (χ3n) is 5.15. The summed E-state index contributed by atoms with van der Waals surface area (Å²) in [6.45, 7) is 5.21. The lowest BCUT2D eigenvalue weighted by Gasteiger charge is -2.28. The largest absolute Gasteiger partial charge is 0.507 e. The quantitative estimate of drug-likeness (QED) is 0.661. The zero-order valence-electron chi connectivity index (χ0n) is 14.2. The van der Waals surface area contributed by atoms with Crippen LogP contribution in [0.15, 0.2) is 12.1 Å². The fraction of sp³-hybridized carbons (Fsp3) is 0.667. The van der Waals surface area contributed by atoms with Gasteiger partial charge in [0.1, 0.15) is 5.75 Å². The zero-order valence-corrected chi connectivity index (χ0v) is 14.2. The van der Waals surface area contributed by atoms with Crippen molar-refractivity contribution in [3.8, 4) is 5.75 Å². The van der Waals surface area contributed by atoms with E-state index in [0.29, 0.717) is 24.2 Å². The maximum atomic E-state index is 11.3. The van der Waals surface area contributed by atoms with E-state index in [-0.39, 0.29) is 16.4 Å². The topological polar surface area (TPSA) is 69.8 Å². The van der Waals surface area contributed by atoms with Gasteiger partial charge >= 0.3 is 0 Å². The molecule has 2 aliphatic rings. The first-order valence-corrected chi connectivity index (χ1v) is 9.07. The van der Waals surface area contributed by atoms with Crippen molar-refractivity contribution in [1.29, 1.82) is 0 Å². The Morgan fingerprint density at radius 3 is 1.67 bits per heavy atom. The van der Waals surface area contributed by atoms with Gasteiger partial charge in [-0.3, -0.25) is 19.9 Å². The van der Waals surface area contributed by atoms with Crippen LogP contribution in [-0.4, -0.2) is 46.0 Å². The molecule has 1 aromatic rings. The van der Waals surface area contributed by atoms with Crippen LogP contribution in [0.2, 0.25) is 0 Å². The summed E-state index contributed by atoms with van der Waals surface area (Å²) >= 11 is 0. The molecular formula is C18H27N3O3. The third kappa shape index (κ3) is 4.24. The van der Waals surface area contributed by atoms with Crippen LogP contribution in [0, 0.1) is 10.1 Å². The van der Waals surface area contributed by atoms with E-state index in [1.165, 1.54) is 12.8 Å². The molecule has 2 aliphatic heterocycles. The number of aromatic hydroxyl groups is 1. The molecule has 0 saturated carbocycles. The van der Waals surface area contributed by atoms with Gasteiger partial charge in [0.25, 0.3) is 5.69 Å². The first-order chi connectivity index (χ1) is 11.6. The first-order valence-electron chi connectivity index (χ1n) is 9.07. The Bertz CT molecular complexity index is 538. The Morgan fingerprint density at radius 2 is 1.29 bits per heavy atom. The zero-order chi connectivity index (χ0) is 16.9. The molecule has 6 heteroatoms. The molecule has 0 aliphatic carbocycles. The lowest BCUT2D eigenvalue weighted by atomic mass is 10.0. The average Bonchev–Trinajstić information content (AvgIpc) is 2.60. The number of rotatable bonds is 5. The summed E-state index contributed by atoms with van der Waals surface area (Å²) in [5.74, 6) is 0.247. The van der Waals surface area contributed by atoms with Gasteiger partial charge in [0.2, 0.25) is 0 Å². The molecule has 3 rings (SSSR count). The van der Waals surface area contributed by atoms with Crippen molar-refractivity contribution in [3.05, 3.63) is 33.4 Å². The van der Waals surface area contributed by atoms with Crippen molar-refractivity contribution >= 4 is 5.69 Å². The first kappa shape index (κ1) is 17.2. The van der Waals surface area contributed by atoms with Gasteiger partial charge in [0.05, 0.1) is 4.92 Å². The standard InChI is InChI=1S/C18H27N3O3/c22-18-15(13-19-7-3-1-4-8-19)11-17(21(23)24)12-16(18)14-20-9-5-2-6-10-20/h11-12,22H,1-10,13-14H2. The van der Waals surface area contributed by atoms with Crippen LogP contribution in [-0.2, 0) is 13.1 Å². The van der Waals surface area contributed by atoms with E-state index >= 15 is 0 Å². The number of phenols is 1. The van der Waals surface area contributed by atoms with E-state index in [4.69, 9.17) is 0 Å². The minimum atomic E-state index is -0.348. The number of hydrogen-bond acceptors (Lipinski definition) is 5. The van der Waals surface area contributed by atoms with Gasteiger partial charge < -0.3 is 5.11 Å². The van der Waals surface area contributed by atoms with Crippen molar-refractivity contribution < 1.29 is 10.0 Å². The van der Waals surface area contributed by atoms with Gasteiger partial charge in [-0.05, 0) is 51.9 Å². The van der Waals surface area contributed by atoms with Crippen molar-refractivity contribution in [2.75, 3.05) is 26.2 Å². The second kappa shape index (κ2) is 7.94. The Morgan fingerprint density at radius 1 is 0.875 bits per heavy atom. The molecule has 0 aromatic heterocycles. The SMILES string of the molecule is O=[N+]([O-])c1cc(CN2CCCCC2)c(O)c(CN2CCCCC2)c1. The van der Waals surface area contributed by atoms with E-state index in [1.54, 1.807) is 12.1 Å². The number of phenolic OH excluding ortho intramolecular Hbond substituents is 1. The number of nitro benzene ring substituents is 1. The van der Waals surface area contributed by atoms with Gasteiger partial charge in [-0.1, -0.05) is 12.8 Å². The van der Waals surface area contributed by atoms with E-state index in [1.807, 2.05) is 0 Å². The number of piperidine rings is 2. The van der Waals surface area contributed by atoms with E-state index < -0.39 is 0 Å². The summed E-state index contributed by atoms with van der Waals surface area (Å²) in [4.78, 5) is 15.5. The highest BCUT2D eigenvalue weighted by Gasteiger charge is 2.21. The van der Waals surface area contributed by atoms with Crippen molar-refractivity contribution in [2.24, 2.45) is 0 Å². The molecule has 1 aromatic carbocycles. The number of nitrogens with zero attached hydrogens (tertiary/aromatic N) is 3. The van der Waals surface area contributed by atoms with Crippen LogP contribution in [0.4, 0.5) is 5.69 Å². The Hall–Kier alpha value is -1.66. The van der Waals surface area contributed by atoms with E-state index in [0.717, 1.165) is 51.9 Å². The minimum absolute atomic E-state index is 0.0896. The molecule has 1 N–H and O–H groups in total. The Kier molecular flexibility index (Phi) is 5.68. The van der Waals surface area contributed by atoms with Crippen molar-refractivity contribution in [1.82, 2.24) is 9.80 Å². The number of benzene rings is 1. The molecule has 132 valence electrons. The van der Waals surface area contributed by atoms with Crippen LogP contribution < -0.4 is 0 Å². The Labute approximate surface area is 143 Å². The highest BCUT2D eigenvalue weighted by molar-refractivity contribution is 5.49. The lowest BCUT2D eigenvalue weighted by Crippen LogP contribution is -2.30. The number of nitro groups is 1. The fourth-order valence-corrected chi connectivity index (χ4v) is 3.80. The van der Waals surface area contributed by atoms with Crippen molar-refractivity contribution in [2.45, 2.75) is 51.6 Å². The predicted octanol–water partition coefficient (Wildman–Crippen LogP) is 3.27. The Balaban J connectivity index is 1.81. The summed E-state index contributed by atoms with van der Waals surface area (Å²) in [6, 6.07) is 3.09. The molecule has 0 amide bonds. The molecule has 2 fully saturated rings. The second-order valence-corrected chi connectivity index (χ2v) is 7.04. The van der Waals surface area contributed by atoms with Gasteiger partial charge in [0.15, 0.2) is 0 Å². The summed E-state index contributed by atoms with van der Waals surface area (Å²) in [5, 5.41) is 22.0. The lowest BCUT2D eigenvalue weighted by molar-refractivity contribution is -0.385. The monoisotopic (exact) mass is 333 g/mol. The highest BCUT2D eigenvalue weighted by Crippen LogP contribution is 2.31. The molecule has 0 bridgehead atoms. The second-order valence-electron chi connectivity index (χ2n) is 7.04. The summed E-state index contributed by atoms with van der Waals surface area (Å²) in [5.41, 5.74) is 1.48. The van der Waals surface area contributed by atoms with E-state index in [2.05, 4.69) is 9.80 Å². The third-order valence-corrected chi connectivity index (χ3v) is 5.15. The van der Waals surface area contributed by atoms with E-state index in [9.17, 15) is 15.2 Å². The van der Waals surface area contributed by atoms with Gasteiger partial charge in [-0.15, -0.1) is 0 Å². The van der Waals surface area contributed by atoms with Crippen molar-refractivity contribution in [3.63, 3.8) is 0 Å². The minimum Gasteiger partial charge on any atom is -0.507 e. The molecule has 6 nitrogen and oxygen atoms in total.